The summed E-state index contributed by atoms with van der Waals surface area (Å²) in [7, 11) is 4.48. The Balaban J connectivity index is 0. The van der Waals surface area contributed by atoms with Gasteiger partial charge in [0.1, 0.15) is 5.82 Å². The van der Waals surface area contributed by atoms with Crippen LogP contribution in [0.2, 0.25) is 0 Å². The van der Waals surface area contributed by atoms with Crippen LogP contribution in [0.5, 0.6) is 0 Å². The first-order valence-electron chi connectivity index (χ1n) is 14.0. The summed E-state index contributed by atoms with van der Waals surface area (Å²) >= 11 is 0. The molecule has 0 spiro atoms. The van der Waals surface area contributed by atoms with Gasteiger partial charge in [0.05, 0.1) is 26.4 Å². The number of esters is 1. The van der Waals surface area contributed by atoms with Crippen molar-refractivity contribution >= 4 is 12.1 Å². The molecule has 0 aliphatic heterocycles. The summed E-state index contributed by atoms with van der Waals surface area (Å²) in [5.41, 5.74) is 0.951. The molecule has 0 atom stereocenters. The average molecular weight is 571 g/mol. The second kappa shape index (κ2) is 27.6. The Kier molecular flexibility index (Phi) is 27.0. The van der Waals surface area contributed by atoms with E-state index in [0.717, 1.165) is 38.7 Å². The predicted octanol–water partition coefficient (Wildman–Crippen LogP) is 8.01. The molecule has 0 aliphatic rings. The largest absolute Gasteiger partial charge is 0.507 e. The van der Waals surface area contributed by atoms with Crippen LogP contribution in [0.15, 0.2) is 22.7 Å². The minimum absolute atomic E-state index is 0.0940. The third-order valence-corrected chi connectivity index (χ3v) is 5.26. The van der Waals surface area contributed by atoms with Gasteiger partial charge in [-0.1, -0.05) is 76.6 Å². The number of methoxy groups -OCH3 is 3. The van der Waals surface area contributed by atoms with E-state index < -0.39 is 6.16 Å². The molecule has 0 bridgehead atoms. The molecule has 0 radical (unpaired) electrons. The van der Waals surface area contributed by atoms with Crippen LogP contribution in [0.4, 0.5) is 9.18 Å². The number of carbonyl (C=O) groups excluding carboxylic acids is 2. The Labute approximate surface area is 240 Å². The van der Waals surface area contributed by atoms with Crippen molar-refractivity contribution in [2.45, 2.75) is 98.8 Å². The fraction of sp³-hybridized carbons (Fsp3) is 0.667. The second-order valence-corrected chi connectivity index (χ2v) is 8.82. The van der Waals surface area contributed by atoms with Crippen molar-refractivity contribution in [3.8, 4) is 11.4 Å². The molecule has 230 valence electrons. The first-order chi connectivity index (χ1) is 19.2. The van der Waals surface area contributed by atoms with Gasteiger partial charge >= 0.3 is 12.1 Å². The molecular formula is C30H51FN2O7. The highest BCUT2D eigenvalue weighted by Gasteiger charge is 2.12. The third kappa shape index (κ3) is 21.9. The van der Waals surface area contributed by atoms with E-state index in [2.05, 4.69) is 38.2 Å². The first-order valence-corrected chi connectivity index (χ1v) is 14.0. The van der Waals surface area contributed by atoms with E-state index in [1.54, 1.807) is 39.2 Å². The lowest BCUT2D eigenvalue weighted by atomic mass is 10.1. The van der Waals surface area contributed by atoms with Crippen molar-refractivity contribution in [3.63, 3.8) is 0 Å². The highest BCUT2D eigenvalue weighted by Crippen LogP contribution is 2.21. The van der Waals surface area contributed by atoms with E-state index in [9.17, 15) is 14.0 Å². The quantitative estimate of drug-likeness (QED) is 0.175. The number of nitrogens with zero attached hydrogens (tertiary/aromatic N) is 2. The van der Waals surface area contributed by atoms with Gasteiger partial charge < -0.3 is 23.5 Å². The van der Waals surface area contributed by atoms with Gasteiger partial charge in [0.15, 0.2) is 0 Å². The number of unbranched alkanes of at least 4 members (excludes halogenated alkanes) is 6. The molecule has 2 aromatic rings. The topological polar surface area (TPSA) is 110 Å². The maximum Gasteiger partial charge on any atom is 0.507 e. The van der Waals surface area contributed by atoms with E-state index in [0.29, 0.717) is 35.9 Å². The predicted molar refractivity (Wildman–Crippen MR) is 155 cm³/mol. The maximum atomic E-state index is 13.6. The number of rotatable bonds is 13. The third-order valence-electron chi connectivity index (χ3n) is 5.26. The lowest BCUT2D eigenvalue weighted by molar-refractivity contribution is -0.140. The standard InChI is InChI=1S/C10H9FN2O.C7H14O2.C7H16O.C6H12O3/c1-6-4-3-5-8(9(6)11)10-12-7(2)14-13-10;1-3-4-5-6-7(8)9-2;1-3-4-5-6-7-8-2;1-3-4-5-9-6(7)8-2/h3-5H,1-2H3;3-6H2,1-2H3;3-7H2,1-2H3;3-5H2,1-2H3. The van der Waals surface area contributed by atoms with Crippen molar-refractivity contribution in [3.05, 3.63) is 35.5 Å². The lowest BCUT2D eigenvalue weighted by Gasteiger charge is -1.99. The van der Waals surface area contributed by atoms with Gasteiger partial charge in [0.2, 0.25) is 11.7 Å². The maximum absolute atomic E-state index is 13.6. The van der Waals surface area contributed by atoms with Crippen LogP contribution in [0.25, 0.3) is 11.4 Å². The summed E-state index contributed by atoms with van der Waals surface area (Å²) in [4.78, 5) is 24.7. The van der Waals surface area contributed by atoms with Crippen LogP contribution >= 0.6 is 0 Å². The fourth-order valence-electron chi connectivity index (χ4n) is 2.88. The summed E-state index contributed by atoms with van der Waals surface area (Å²) in [6.45, 7) is 11.1. The highest BCUT2D eigenvalue weighted by molar-refractivity contribution is 5.68. The molecule has 1 aromatic heterocycles. The SMILES string of the molecule is CCCCCC(=O)OC.CCCCCCOC.CCCCOC(=O)OC.Cc1nc(-c2cccc(C)c2F)no1. The number of hydrogen-bond donors (Lipinski definition) is 0. The molecule has 0 aliphatic carbocycles. The number of halogens is 1. The number of ether oxygens (including phenoxy) is 4. The van der Waals surface area contributed by atoms with Crippen LogP contribution in [-0.4, -0.2) is 56.8 Å². The van der Waals surface area contributed by atoms with Crippen LogP contribution < -0.4 is 0 Å². The van der Waals surface area contributed by atoms with Gasteiger partial charge in [0, 0.05) is 27.1 Å². The lowest BCUT2D eigenvalue weighted by Crippen LogP contribution is -2.04. The number of benzene rings is 1. The Morgan fingerprint density at radius 1 is 0.850 bits per heavy atom. The molecular weight excluding hydrogens is 519 g/mol. The summed E-state index contributed by atoms with van der Waals surface area (Å²) < 4.78 is 36.5. The molecule has 2 rings (SSSR count). The zero-order valence-electron chi connectivity index (χ0n) is 25.8. The molecule has 40 heavy (non-hydrogen) atoms. The minimum Gasteiger partial charge on any atom is -0.469 e. The summed E-state index contributed by atoms with van der Waals surface area (Å²) in [6.07, 6.45) is 10.3. The van der Waals surface area contributed by atoms with E-state index in [1.165, 1.54) is 39.9 Å². The molecule has 0 amide bonds. The number of hydrogen-bond acceptors (Lipinski definition) is 9. The Bertz CT molecular complexity index is 863. The molecule has 10 heteroatoms. The fourth-order valence-corrected chi connectivity index (χ4v) is 2.88. The Morgan fingerprint density at radius 2 is 1.50 bits per heavy atom. The Hall–Kier alpha value is -3.01. The highest BCUT2D eigenvalue weighted by atomic mass is 19.1. The summed E-state index contributed by atoms with van der Waals surface area (Å²) in [6, 6.07) is 5.10. The van der Waals surface area contributed by atoms with Gasteiger partial charge in [0.25, 0.3) is 0 Å². The van der Waals surface area contributed by atoms with Crippen molar-refractivity contribution < 1.29 is 37.5 Å². The van der Waals surface area contributed by atoms with Gasteiger partial charge in [-0.25, -0.2) is 9.18 Å². The average Bonchev–Trinajstić information content (AvgIpc) is 3.39. The molecule has 1 aromatic carbocycles. The van der Waals surface area contributed by atoms with Crippen molar-refractivity contribution in [2.75, 3.05) is 34.5 Å². The zero-order chi connectivity index (χ0) is 30.6. The van der Waals surface area contributed by atoms with E-state index >= 15 is 0 Å². The number of carbonyl (C=O) groups is 2. The Morgan fingerprint density at radius 3 is 2.02 bits per heavy atom. The van der Waals surface area contributed by atoms with Crippen molar-refractivity contribution in [1.29, 1.82) is 0 Å². The van der Waals surface area contributed by atoms with E-state index in [-0.39, 0.29) is 11.8 Å². The zero-order valence-corrected chi connectivity index (χ0v) is 25.8. The molecule has 0 unspecified atom stereocenters. The van der Waals surface area contributed by atoms with Crippen LogP contribution in [0.3, 0.4) is 0 Å². The van der Waals surface area contributed by atoms with Crippen LogP contribution in [-0.2, 0) is 23.7 Å². The van der Waals surface area contributed by atoms with Crippen LogP contribution in [0.1, 0.15) is 96.4 Å². The molecule has 0 saturated heterocycles. The van der Waals surface area contributed by atoms with E-state index in [4.69, 9.17) is 9.26 Å². The monoisotopic (exact) mass is 570 g/mol. The van der Waals surface area contributed by atoms with Gasteiger partial charge in [-0.2, -0.15) is 4.98 Å². The van der Waals surface area contributed by atoms with Gasteiger partial charge in [-0.15, -0.1) is 0 Å². The minimum atomic E-state index is -0.594. The number of aryl methyl sites for hydroxylation is 2. The van der Waals surface area contributed by atoms with E-state index in [1.807, 2.05) is 6.92 Å². The molecule has 0 saturated carbocycles. The summed E-state index contributed by atoms with van der Waals surface area (Å²) in [5.74, 6) is 0.335. The second-order valence-electron chi connectivity index (χ2n) is 8.82. The molecule has 0 fully saturated rings. The smallest absolute Gasteiger partial charge is 0.469 e. The van der Waals surface area contributed by atoms with Gasteiger partial charge in [-0.05, 0) is 37.8 Å². The first kappa shape index (κ1) is 39.1. The molecule has 0 N–H and O–H groups in total. The normalized spacial score (nSPS) is 9.62. The molecule has 1 heterocycles. The van der Waals surface area contributed by atoms with Gasteiger partial charge in [-0.3, -0.25) is 4.79 Å². The van der Waals surface area contributed by atoms with Crippen LogP contribution in [0, 0.1) is 19.7 Å². The van der Waals surface area contributed by atoms with Crippen molar-refractivity contribution in [2.24, 2.45) is 0 Å². The number of aromatic nitrogens is 2. The molecule has 9 nitrogen and oxygen atoms in total. The summed E-state index contributed by atoms with van der Waals surface area (Å²) in [5, 5.41) is 3.66. The van der Waals surface area contributed by atoms with Crippen molar-refractivity contribution in [1.82, 2.24) is 10.1 Å².